The summed E-state index contributed by atoms with van der Waals surface area (Å²) in [5.41, 5.74) is 2.78. The first-order valence-electron chi connectivity index (χ1n) is 15.2. The Morgan fingerprint density at radius 3 is 2.49 bits per heavy atom. The second kappa shape index (κ2) is 13.5. The number of alkyl carbamates (subject to hydrolysis) is 1. The van der Waals surface area contributed by atoms with Gasteiger partial charge in [-0.15, -0.1) is 0 Å². The fraction of sp³-hybridized carbons (Fsp3) is 0.500. The molecule has 9 heteroatoms. The average molecular weight is 587 g/mol. The molecule has 0 bridgehead atoms. The van der Waals surface area contributed by atoms with Gasteiger partial charge < -0.3 is 29.9 Å². The first-order chi connectivity index (χ1) is 20.7. The number of amides is 4. The molecular weight excluding hydrogens is 544 g/mol. The zero-order valence-corrected chi connectivity index (χ0v) is 25.3. The van der Waals surface area contributed by atoms with Crippen molar-refractivity contribution in [2.24, 2.45) is 5.92 Å². The molecule has 2 aromatic carbocycles. The Morgan fingerprint density at radius 2 is 1.74 bits per heavy atom. The highest BCUT2D eigenvalue weighted by Crippen LogP contribution is 2.38. The fourth-order valence-electron chi connectivity index (χ4n) is 6.28. The Kier molecular flexibility index (Phi) is 9.56. The van der Waals surface area contributed by atoms with Crippen LogP contribution in [-0.4, -0.2) is 84.9 Å². The standard InChI is InChI=1S/C34H42N4O5/c1-34(2,3)43-32(40)35-17-8-10-24-9-7-13-27(21-24)31(25-11-5-4-6-12-25)26-14-18-37(19-15-26)33(41)38-20-16-29-28(22-38)36-30(39)23-42-29/h4-7,9,11-13,21,26,28-29,31H,14-20,22-23H2,1-3H3,(H,35,40)(H,36,39)/t28-,29+,31-/m1/s1. The van der Waals surface area contributed by atoms with Crippen LogP contribution in [0.2, 0.25) is 0 Å². The van der Waals surface area contributed by atoms with Crippen LogP contribution in [0, 0.1) is 17.8 Å². The van der Waals surface area contributed by atoms with Crippen molar-refractivity contribution < 1.29 is 23.9 Å². The molecule has 228 valence electrons. The second-order valence-corrected chi connectivity index (χ2v) is 12.5. The summed E-state index contributed by atoms with van der Waals surface area (Å²) in [6.45, 7) is 8.29. The minimum Gasteiger partial charge on any atom is -0.444 e. The lowest BCUT2D eigenvalue weighted by atomic mass is 9.76. The van der Waals surface area contributed by atoms with Crippen LogP contribution in [0.1, 0.15) is 62.6 Å². The summed E-state index contributed by atoms with van der Waals surface area (Å²) in [6, 6.07) is 18.8. The van der Waals surface area contributed by atoms with Crippen molar-refractivity contribution >= 4 is 18.0 Å². The Morgan fingerprint density at radius 1 is 1.02 bits per heavy atom. The number of hydrogen-bond donors (Lipinski definition) is 2. The predicted molar refractivity (Wildman–Crippen MR) is 163 cm³/mol. The Labute approximate surface area is 254 Å². The van der Waals surface area contributed by atoms with E-state index in [1.807, 2.05) is 48.8 Å². The zero-order valence-electron chi connectivity index (χ0n) is 25.3. The molecule has 0 saturated carbocycles. The van der Waals surface area contributed by atoms with Crippen LogP contribution in [0.3, 0.4) is 0 Å². The molecule has 2 aromatic rings. The van der Waals surface area contributed by atoms with Gasteiger partial charge in [-0.25, -0.2) is 9.59 Å². The number of benzene rings is 2. The van der Waals surface area contributed by atoms with Crippen LogP contribution in [0.25, 0.3) is 0 Å². The molecule has 0 aromatic heterocycles. The van der Waals surface area contributed by atoms with Gasteiger partial charge in [0.1, 0.15) is 12.2 Å². The summed E-state index contributed by atoms with van der Waals surface area (Å²) in [7, 11) is 0. The number of piperidine rings is 2. The van der Waals surface area contributed by atoms with E-state index in [1.54, 1.807) is 0 Å². The molecule has 3 aliphatic heterocycles. The summed E-state index contributed by atoms with van der Waals surface area (Å²) >= 11 is 0. The maximum Gasteiger partial charge on any atom is 0.408 e. The third-order valence-electron chi connectivity index (χ3n) is 8.23. The van der Waals surface area contributed by atoms with Gasteiger partial charge in [-0.2, -0.15) is 0 Å². The van der Waals surface area contributed by atoms with Crippen molar-refractivity contribution in [3.63, 3.8) is 0 Å². The van der Waals surface area contributed by atoms with Gasteiger partial charge in [-0.3, -0.25) is 4.79 Å². The topological polar surface area (TPSA) is 100 Å². The van der Waals surface area contributed by atoms with Crippen LogP contribution < -0.4 is 10.6 Å². The van der Waals surface area contributed by atoms with E-state index < -0.39 is 11.7 Å². The monoisotopic (exact) mass is 586 g/mol. The van der Waals surface area contributed by atoms with Crippen LogP contribution in [0.15, 0.2) is 54.6 Å². The third kappa shape index (κ3) is 8.08. The first-order valence-corrected chi connectivity index (χ1v) is 15.2. The van der Waals surface area contributed by atoms with E-state index in [0.717, 1.165) is 24.8 Å². The van der Waals surface area contributed by atoms with Crippen molar-refractivity contribution in [2.45, 2.75) is 63.7 Å². The highest BCUT2D eigenvalue weighted by molar-refractivity contribution is 5.79. The molecule has 43 heavy (non-hydrogen) atoms. The largest absolute Gasteiger partial charge is 0.444 e. The summed E-state index contributed by atoms with van der Waals surface area (Å²) in [6.07, 6.45) is 2.02. The summed E-state index contributed by atoms with van der Waals surface area (Å²) in [5, 5.41) is 5.67. The SMILES string of the molecule is CC(C)(C)OC(=O)NCC#Cc1cccc([C@H](c2ccccc2)C2CCN(C(=O)N3CC[C@@H]4OCC(=O)N[C@@H]4C3)CC2)c1. The lowest BCUT2D eigenvalue weighted by Gasteiger charge is -2.44. The molecule has 0 spiro atoms. The maximum absolute atomic E-state index is 13.5. The number of nitrogens with zero attached hydrogens (tertiary/aromatic N) is 2. The van der Waals surface area contributed by atoms with E-state index in [2.05, 4.69) is 58.9 Å². The molecule has 3 aliphatic rings. The minimum atomic E-state index is -0.553. The van der Waals surface area contributed by atoms with Crippen LogP contribution in [0.4, 0.5) is 9.59 Å². The molecular formula is C34H42N4O5. The van der Waals surface area contributed by atoms with Crippen LogP contribution >= 0.6 is 0 Å². The van der Waals surface area contributed by atoms with E-state index in [0.29, 0.717) is 32.1 Å². The number of likely N-dealkylation sites (tertiary alicyclic amines) is 2. The number of carbonyl (C=O) groups excluding carboxylic acids is 3. The number of urea groups is 1. The van der Waals surface area contributed by atoms with Crippen molar-refractivity contribution in [1.29, 1.82) is 0 Å². The summed E-state index contributed by atoms with van der Waals surface area (Å²) in [4.78, 5) is 41.0. The smallest absolute Gasteiger partial charge is 0.408 e. The van der Waals surface area contributed by atoms with Crippen LogP contribution in [-0.2, 0) is 14.3 Å². The Hall–Kier alpha value is -4.03. The predicted octanol–water partition coefficient (Wildman–Crippen LogP) is 4.12. The van der Waals surface area contributed by atoms with Crippen LogP contribution in [0.5, 0.6) is 0 Å². The van der Waals surface area contributed by atoms with E-state index >= 15 is 0 Å². The van der Waals surface area contributed by atoms with E-state index in [1.165, 1.54) is 11.1 Å². The van der Waals surface area contributed by atoms with Crippen molar-refractivity contribution in [3.8, 4) is 11.8 Å². The molecule has 3 heterocycles. The van der Waals surface area contributed by atoms with Gasteiger partial charge in [0.2, 0.25) is 5.91 Å². The molecule has 9 nitrogen and oxygen atoms in total. The van der Waals surface area contributed by atoms with Gasteiger partial charge >= 0.3 is 12.1 Å². The first kappa shape index (κ1) is 30.4. The molecule has 0 radical (unpaired) electrons. The maximum atomic E-state index is 13.5. The lowest BCUT2D eigenvalue weighted by molar-refractivity contribution is -0.139. The van der Waals surface area contributed by atoms with Gasteiger partial charge in [-0.1, -0.05) is 54.3 Å². The second-order valence-electron chi connectivity index (χ2n) is 12.5. The fourth-order valence-corrected chi connectivity index (χ4v) is 6.28. The molecule has 4 amide bonds. The van der Waals surface area contributed by atoms with Gasteiger partial charge in [0.25, 0.3) is 0 Å². The number of hydrogen-bond acceptors (Lipinski definition) is 5. The lowest BCUT2D eigenvalue weighted by Crippen LogP contribution is -2.62. The Bertz CT molecular complexity index is 1350. The highest BCUT2D eigenvalue weighted by Gasteiger charge is 2.38. The third-order valence-corrected chi connectivity index (χ3v) is 8.23. The van der Waals surface area contributed by atoms with E-state index in [-0.39, 0.29) is 43.2 Å². The normalized spacial score (nSPS) is 21.5. The van der Waals surface area contributed by atoms with Crippen molar-refractivity contribution in [3.05, 3.63) is 71.3 Å². The van der Waals surface area contributed by atoms with Crippen molar-refractivity contribution in [1.82, 2.24) is 20.4 Å². The number of ether oxygens (including phenoxy) is 2. The van der Waals surface area contributed by atoms with Gasteiger partial charge in [0.05, 0.1) is 18.7 Å². The molecule has 2 N–H and O–H groups in total. The van der Waals surface area contributed by atoms with Gasteiger partial charge in [0.15, 0.2) is 0 Å². The molecule has 3 saturated heterocycles. The number of carbonyl (C=O) groups is 3. The van der Waals surface area contributed by atoms with Gasteiger partial charge in [-0.05, 0) is 69.2 Å². The zero-order chi connectivity index (χ0) is 30.4. The molecule has 3 fully saturated rings. The summed E-state index contributed by atoms with van der Waals surface area (Å²) < 4.78 is 10.9. The highest BCUT2D eigenvalue weighted by atomic mass is 16.6. The molecule has 3 atom stereocenters. The average Bonchev–Trinajstić information content (AvgIpc) is 2.99. The number of rotatable bonds is 4. The summed E-state index contributed by atoms with van der Waals surface area (Å²) in [5.74, 6) is 6.63. The molecule has 0 aliphatic carbocycles. The van der Waals surface area contributed by atoms with E-state index in [9.17, 15) is 14.4 Å². The molecule has 5 rings (SSSR count). The number of fused-ring (bicyclic) bond motifs is 1. The van der Waals surface area contributed by atoms with E-state index in [4.69, 9.17) is 9.47 Å². The molecule has 0 unspecified atom stereocenters. The minimum absolute atomic E-state index is 0.0131. The Balaban J connectivity index is 1.23. The number of nitrogens with one attached hydrogen (secondary N) is 2. The van der Waals surface area contributed by atoms with Gasteiger partial charge in [0, 0.05) is 37.7 Å². The van der Waals surface area contributed by atoms with Crippen molar-refractivity contribution in [2.75, 3.05) is 39.3 Å². The quantitative estimate of drug-likeness (QED) is 0.526. The number of morpholine rings is 1.